The van der Waals surface area contributed by atoms with E-state index in [0.29, 0.717) is 10.0 Å². The molecule has 0 saturated carbocycles. The lowest BCUT2D eigenvalue weighted by atomic mass is 10.2. The fourth-order valence-electron chi connectivity index (χ4n) is 1.61. The van der Waals surface area contributed by atoms with Gasteiger partial charge in [0.2, 0.25) is 0 Å². The SMILES string of the molecule is O=C([N]NC(=O)OCc1ccc(Cl)cc1)OCc1ccc(Cl)cc1. The minimum absolute atomic E-state index is 0.0149. The molecule has 1 radical (unpaired) electrons. The number of benzene rings is 2. The molecule has 2 amide bonds. The molecule has 125 valence electrons. The molecule has 8 heteroatoms. The van der Waals surface area contributed by atoms with Crippen molar-refractivity contribution in [3.63, 3.8) is 0 Å². The van der Waals surface area contributed by atoms with Gasteiger partial charge in [-0.3, -0.25) is 0 Å². The van der Waals surface area contributed by atoms with Gasteiger partial charge in [-0.2, -0.15) is 0 Å². The fourth-order valence-corrected chi connectivity index (χ4v) is 1.86. The van der Waals surface area contributed by atoms with Crippen molar-refractivity contribution in [3.8, 4) is 0 Å². The van der Waals surface area contributed by atoms with Crippen LogP contribution in [-0.4, -0.2) is 12.2 Å². The number of halogens is 2. The van der Waals surface area contributed by atoms with Gasteiger partial charge in [-0.1, -0.05) is 52.9 Å². The van der Waals surface area contributed by atoms with Crippen molar-refractivity contribution >= 4 is 35.4 Å². The largest absolute Gasteiger partial charge is 0.451 e. The molecule has 0 atom stereocenters. The van der Waals surface area contributed by atoms with Gasteiger partial charge in [0.15, 0.2) is 0 Å². The van der Waals surface area contributed by atoms with E-state index in [1.807, 2.05) is 5.43 Å². The van der Waals surface area contributed by atoms with Crippen molar-refractivity contribution in [2.45, 2.75) is 13.2 Å². The second-order valence-corrected chi connectivity index (χ2v) is 5.48. The first-order valence-corrected chi connectivity index (χ1v) is 7.57. The molecular formula is C16H13Cl2N2O4. The summed E-state index contributed by atoms with van der Waals surface area (Å²) in [6, 6.07) is 13.6. The van der Waals surface area contributed by atoms with Crippen molar-refractivity contribution < 1.29 is 19.1 Å². The summed E-state index contributed by atoms with van der Waals surface area (Å²) in [4.78, 5) is 22.8. The maximum Gasteiger partial charge on any atom is 0.451 e. The van der Waals surface area contributed by atoms with Crippen LogP contribution in [0.15, 0.2) is 48.5 Å². The van der Waals surface area contributed by atoms with Crippen LogP contribution in [0.5, 0.6) is 0 Å². The topological polar surface area (TPSA) is 78.7 Å². The summed E-state index contributed by atoms with van der Waals surface area (Å²) in [6.45, 7) is 0.0410. The predicted octanol–water partition coefficient (Wildman–Crippen LogP) is 4.08. The van der Waals surface area contributed by atoms with E-state index in [2.05, 4.69) is 5.43 Å². The first kappa shape index (κ1) is 17.9. The molecule has 2 aromatic rings. The lowest BCUT2D eigenvalue weighted by molar-refractivity contribution is 0.116. The summed E-state index contributed by atoms with van der Waals surface area (Å²) in [7, 11) is 0. The number of carbonyl (C=O) groups excluding carboxylic acids is 2. The number of nitrogens with one attached hydrogen (secondary N) is 1. The van der Waals surface area contributed by atoms with Gasteiger partial charge < -0.3 is 9.47 Å². The van der Waals surface area contributed by atoms with Gasteiger partial charge in [-0.25, -0.2) is 15.0 Å². The van der Waals surface area contributed by atoms with Gasteiger partial charge in [0.1, 0.15) is 13.2 Å². The number of nitrogens with zero attached hydrogens (tertiary/aromatic N) is 1. The van der Waals surface area contributed by atoms with E-state index in [-0.39, 0.29) is 13.2 Å². The Balaban J connectivity index is 1.64. The zero-order valence-corrected chi connectivity index (χ0v) is 13.9. The third-order valence-electron chi connectivity index (χ3n) is 2.80. The number of carbonyl (C=O) groups is 2. The first-order chi connectivity index (χ1) is 11.5. The highest BCUT2D eigenvalue weighted by Crippen LogP contribution is 2.11. The van der Waals surface area contributed by atoms with Crippen LogP contribution in [0.2, 0.25) is 10.0 Å². The van der Waals surface area contributed by atoms with E-state index in [9.17, 15) is 9.59 Å². The minimum Gasteiger partial charge on any atom is -0.443 e. The van der Waals surface area contributed by atoms with Crippen LogP contribution >= 0.6 is 23.2 Å². The summed E-state index contributed by atoms with van der Waals surface area (Å²) in [5.41, 5.74) is 6.70. The van der Waals surface area contributed by atoms with Gasteiger partial charge in [0.25, 0.3) is 0 Å². The molecule has 0 aliphatic carbocycles. The minimum atomic E-state index is -0.937. The normalized spacial score (nSPS) is 9.92. The maximum atomic E-state index is 11.4. The van der Waals surface area contributed by atoms with E-state index in [1.165, 1.54) is 0 Å². The maximum absolute atomic E-state index is 11.4. The second kappa shape index (κ2) is 9.00. The lowest BCUT2D eigenvalue weighted by Gasteiger charge is -2.07. The van der Waals surface area contributed by atoms with Gasteiger partial charge >= 0.3 is 12.2 Å². The van der Waals surface area contributed by atoms with Crippen LogP contribution in [0, 0.1) is 0 Å². The highest BCUT2D eigenvalue weighted by Gasteiger charge is 2.09. The molecule has 6 nitrogen and oxygen atoms in total. The van der Waals surface area contributed by atoms with Crippen molar-refractivity contribution in [2.75, 3.05) is 0 Å². The Kier molecular flexibility index (Phi) is 6.72. The Hall–Kier alpha value is -2.44. The summed E-state index contributed by atoms with van der Waals surface area (Å²) in [6.07, 6.45) is -1.80. The van der Waals surface area contributed by atoms with Crippen LogP contribution in [0.4, 0.5) is 9.59 Å². The molecule has 0 heterocycles. The Morgan fingerprint density at radius 3 is 1.79 bits per heavy atom. The molecule has 0 aliphatic rings. The molecule has 2 rings (SSSR count). The molecule has 0 unspecified atom stereocenters. The van der Waals surface area contributed by atoms with E-state index in [1.54, 1.807) is 48.5 Å². The average Bonchev–Trinajstić information content (AvgIpc) is 2.59. The lowest BCUT2D eigenvalue weighted by Crippen LogP contribution is -2.36. The third-order valence-corrected chi connectivity index (χ3v) is 3.30. The Bertz CT molecular complexity index is 629. The molecule has 2 aromatic carbocycles. The van der Waals surface area contributed by atoms with Crippen LogP contribution in [0.3, 0.4) is 0 Å². The van der Waals surface area contributed by atoms with Crippen LogP contribution < -0.4 is 10.9 Å². The summed E-state index contributed by atoms with van der Waals surface area (Å²) < 4.78 is 9.75. The van der Waals surface area contributed by atoms with Crippen LogP contribution in [0.25, 0.3) is 0 Å². The van der Waals surface area contributed by atoms with Crippen LogP contribution in [-0.2, 0) is 22.7 Å². The highest BCUT2D eigenvalue weighted by atomic mass is 35.5. The Morgan fingerprint density at radius 1 is 0.833 bits per heavy atom. The van der Waals surface area contributed by atoms with Crippen molar-refractivity contribution in [2.24, 2.45) is 0 Å². The van der Waals surface area contributed by atoms with Gasteiger partial charge in [0.05, 0.1) is 0 Å². The monoisotopic (exact) mass is 367 g/mol. The number of hydrogen-bond donors (Lipinski definition) is 1. The van der Waals surface area contributed by atoms with Crippen molar-refractivity contribution in [3.05, 3.63) is 69.7 Å². The van der Waals surface area contributed by atoms with E-state index >= 15 is 0 Å². The molecule has 0 aliphatic heterocycles. The quantitative estimate of drug-likeness (QED) is 0.825. The molecule has 0 bridgehead atoms. The molecule has 0 saturated heterocycles. The summed E-state index contributed by atoms with van der Waals surface area (Å²) >= 11 is 11.5. The second-order valence-electron chi connectivity index (χ2n) is 4.61. The zero-order chi connectivity index (χ0) is 17.4. The summed E-state index contributed by atoms with van der Waals surface area (Å²) in [5, 5.41) is 1.17. The smallest absolute Gasteiger partial charge is 0.443 e. The standard InChI is InChI=1S/C16H13Cl2N2O4/c17-13-5-1-11(2-6-13)9-23-15(21)19-20-16(22)24-10-12-3-7-14(18)8-4-12/h1-8H,9-10H2,(H,19,21). The molecule has 0 fully saturated rings. The van der Waals surface area contributed by atoms with E-state index < -0.39 is 12.2 Å². The van der Waals surface area contributed by atoms with Crippen LogP contribution in [0.1, 0.15) is 11.1 Å². The fraction of sp³-hybridized carbons (Fsp3) is 0.125. The van der Waals surface area contributed by atoms with Crippen molar-refractivity contribution in [1.29, 1.82) is 0 Å². The van der Waals surface area contributed by atoms with Gasteiger partial charge in [0, 0.05) is 10.0 Å². The Labute approximate surface area is 148 Å². The predicted molar refractivity (Wildman–Crippen MR) is 88.5 cm³/mol. The Morgan fingerprint density at radius 2 is 1.29 bits per heavy atom. The third kappa shape index (κ3) is 6.36. The van der Waals surface area contributed by atoms with E-state index in [4.69, 9.17) is 32.7 Å². The first-order valence-electron chi connectivity index (χ1n) is 6.82. The number of hydrogen-bond acceptors (Lipinski definition) is 4. The van der Waals surface area contributed by atoms with Crippen molar-refractivity contribution in [1.82, 2.24) is 10.9 Å². The molecule has 0 spiro atoms. The number of ether oxygens (including phenoxy) is 2. The molecule has 24 heavy (non-hydrogen) atoms. The zero-order valence-electron chi connectivity index (χ0n) is 12.4. The van der Waals surface area contributed by atoms with E-state index in [0.717, 1.165) is 11.1 Å². The molecule has 0 aromatic heterocycles. The number of rotatable bonds is 4. The summed E-state index contributed by atoms with van der Waals surface area (Å²) in [5.74, 6) is 0. The average molecular weight is 368 g/mol. The van der Waals surface area contributed by atoms with Gasteiger partial charge in [-0.15, -0.1) is 0 Å². The molecule has 1 N–H and O–H groups in total. The van der Waals surface area contributed by atoms with Gasteiger partial charge in [-0.05, 0) is 35.4 Å². The highest BCUT2D eigenvalue weighted by molar-refractivity contribution is 6.30. The molecular weight excluding hydrogens is 355 g/mol. The number of amides is 2.